The molecule has 0 amide bonds. The second-order valence-electron chi connectivity index (χ2n) is 3.83. The van der Waals surface area contributed by atoms with E-state index >= 15 is 0 Å². The van der Waals surface area contributed by atoms with Gasteiger partial charge in [-0.15, -0.1) is 0 Å². The Kier molecular flexibility index (Phi) is 3.58. The van der Waals surface area contributed by atoms with Gasteiger partial charge in [0, 0.05) is 12.7 Å². The van der Waals surface area contributed by atoms with Crippen molar-refractivity contribution in [2.75, 3.05) is 5.32 Å². The fraction of sp³-hybridized carbons (Fsp3) is 0.231. The molecule has 1 heterocycles. The number of anilines is 1. The van der Waals surface area contributed by atoms with Gasteiger partial charge in [-0.2, -0.15) is 5.26 Å². The number of aryl methyl sites for hydroxylation is 1. The normalized spacial score (nSPS) is 10.1. The number of hydrogen-bond donors (Lipinski definition) is 1. The van der Waals surface area contributed by atoms with Gasteiger partial charge in [0.05, 0.1) is 29.8 Å². The van der Waals surface area contributed by atoms with Gasteiger partial charge >= 0.3 is 0 Å². The summed E-state index contributed by atoms with van der Waals surface area (Å²) in [5.41, 5.74) is 1.95. The van der Waals surface area contributed by atoms with Crippen LogP contribution in [-0.4, -0.2) is 9.55 Å². The molecule has 0 fully saturated rings. The van der Waals surface area contributed by atoms with E-state index in [1.54, 1.807) is 18.6 Å². The summed E-state index contributed by atoms with van der Waals surface area (Å²) < 4.78 is 15.0. The van der Waals surface area contributed by atoms with Crippen LogP contribution in [0.4, 0.5) is 10.1 Å². The molecule has 2 aromatic rings. The summed E-state index contributed by atoms with van der Waals surface area (Å²) >= 11 is 0. The number of rotatable bonds is 4. The standard InChI is InChI=1S/C13H13FN4/c1-2-18-9-16-7-12(18)8-17-13-4-3-11(14)5-10(13)6-15/h3-5,7,9,17H,2,8H2,1H3. The third-order valence-corrected chi connectivity index (χ3v) is 2.70. The molecule has 0 aliphatic carbocycles. The zero-order valence-corrected chi connectivity index (χ0v) is 10.0. The average molecular weight is 244 g/mol. The van der Waals surface area contributed by atoms with E-state index < -0.39 is 5.82 Å². The van der Waals surface area contributed by atoms with Crippen LogP contribution in [0.5, 0.6) is 0 Å². The molecular formula is C13H13FN4. The van der Waals surface area contributed by atoms with Crippen LogP contribution in [0, 0.1) is 17.1 Å². The highest BCUT2D eigenvalue weighted by atomic mass is 19.1. The summed E-state index contributed by atoms with van der Waals surface area (Å²) in [6, 6.07) is 6.10. The fourth-order valence-corrected chi connectivity index (χ4v) is 1.73. The Bertz CT molecular complexity index is 583. The Morgan fingerprint density at radius 3 is 3.06 bits per heavy atom. The molecule has 0 aliphatic rings. The number of nitriles is 1. The maximum absolute atomic E-state index is 13.0. The molecule has 0 bridgehead atoms. The molecule has 5 heteroatoms. The zero-order valence-electron chi connectivity index (χ0n) is 10.0. The molecule has 2 rings (SSSR count). The summed E-state index contributed by atoms with van der Waals surface area (Å²) in [4.78, 5) is 4.06. The minimum atomic E-state index is -0.407. The molecule has 1 aromatic heterocycles. The van der Waals surface area contributed by atoms with Crippen LogP contribution in [0.25, 0.3) is 0 Å². The maximum Gasteiger partial charge on any atom is 0.124 e. The third-order valence-electron chi connectivity index (χ3n) is 2.70. The molecule has 1 aromatic carbocycles. The number of halogens is 1. The van der Waals surface area contributed by atoms with E-state index in [2.05, 4.69) is 10.3 Å². The molecule has 0 saturated carbocycles. The van der Waals surface area contributed by atoms with Crippen molar-refractivity contribution >= 4 is 5.69 Å². The average Bonchev–Trinajstić information content (AvgIpc) is 2.84. The minimum Gasteiger partial charge on any atom is -0.378 e. The largest absolute Gasteiger partial charge is 0.378 e. The number of nitrogens with one attached hydrogen (secondary N) is 1. The number of aromatic nitrogens is 2. The van der Waals surface area contributed by atoms with Gasteiger partial charge in [-0.1, -0.05) is 0 Å². The molecule has 92 valence electrons. The van der Waals surface area contributed by atoms with E-state index in [9.17, 15) is 4.39 Å². The predicted molar refractivity (Wildman–Crippen MR) is 66.3 cm³/mol. The zero-order chi connectivity index (χ0) is 13.0. The Morgan fingerprint density at radius 1 is 1.50 bits per heavy atom. The van der Waals surface area contributed by atoms with Gasteiger partial charge in [-0.3, -0.25) is 0 Å². The van der Waals surface area contributed by atoms with Gasteiger partial charge in [-0.25, -0.2) is 9.37 Å². The lowest BCUT2D eigenvalue weighted by Gasteiger charge is -2.09. The van der Waals surface area contributed by atoms with Crippen molar-refractivity contribution in [1.29, 1.82) is 5.26 Å². The first-order valence-corrected chi connectivity index (χ1v) is 5.67. The van der Waals surface area contributed by atoms with Crippen molar-refractivity contribution in [1.82, 2.24) is 9.55 Å². The van der Waals surface area contributed by atoms with Crippen molar-refractivity contribution in [2.24, 2.45) is 0 Å². The number of benzene rings is 1. The first-order valence-electron chi connectivity index (χ1n) is 5.67. The first-order chi connectivity index (χ1) is 8.74. The number of nitrogens with zero attached hydrogens (tertiary/aromatic N) is 3. The Labute approximate surface area is 105 Å². The highest BCUT2D eigenvalue weighted by molar-refractivity contribution is 5.57. The van der Waals surface area contributed by atoms with Crippen molar-refractivity contribution in [3.8, 4) is 6.07 Å². The van der Waals surface area contributed by atoms with Crippen LogP contribution >= 0.6 is 0 Å². The van der Waals surface area contributed by atoms with Gasteiger partial charge in [0.2, 0.25) is 0 Å². The first kappa shape index (κ1) is 12.1. The Balaban J connectivity index is 2.14. The van der Waals surface area contributed by atoms with Crippen molar-refractivity contribution < 1.29 is 4.39 Å². The van der Waals surface area contributed by atoms with E-state index in [1.807, 2.05) is 17.6 Å². The smallest absolute Gasteiger partial charge is 0.124 e. The molecule has 0 spiro atoms. The van der Waals surface area contributed by atoms with Gasteiger partial charge in [0.25, 0.3) is 0 Å². The lowest BCUT2D eigenvalue weighted by molar-refractivity contribution is 0.627. The highest BCUT2D eigenvalue weighted by Gasteiger charge is 2.05. The van der Waals surface area contributed by atoms with Crippen LogP contribution < -0.4 is 5.32 Å². The molecule has 1 N–H and O–H groups in total. The molecule has 4 nitrogen and oxygen atoms in total. The number of imidazole rings is 1. The van der Waals surface area contributed by atoms with E-state index in [0.29, 0.717) is 17.8 Å². The SMILES string of the molecule is CCn1cncc1CNc1ccc(F)cc1C#N. The highest BCUT2D eigenvalue weighted by Crippen LogP contribution is 2.16. The third kappa shape index (κ3) is 2.48. The van der Waals surface area contributed by atoms with Crippen LogP contribution in [0.1, 0.15) is 18.2 Å². The van der Waals surface area contributed by atoms with Gasteiger partial charge in [-0.05, 0) is 25.1 Å². The van der Waals surface area contributed by atoms with Crippen molar-refractivity contribution in [2.45, 2.75) is 20.0 Å². The predicted octanol–water partition coefficient (Wildman–Crippen LogP) is 2.53. The van der Waals surface area contributed by atoms with Gasteiger partial charge in [0.1, 0.15) is 11.9 Å². The summed E-state index contributed by atoms with van der Waals surface area (Å²) in [7, 11) is 0. The van der Waals surface area contributed by atoms with E-state index in [0.717, 1.165) is 12.2 Å². The van der Waals surface area contributed by atoms with Crippen molar-refractivity contribution in [3.05, 3.63) is 47.8 Å². The lowest BCUT2D eigenvalue weighted by Crippen LogP contribution is -2.07. The topological polar surface area (TPSA) is 53.6 Å². The van der Waals surface area contributed by atoms with E-state index in [-0.39, 0.29) is 0 Å². The molecule has 0 unspecified atom stereocenters. The fourth-order valence-electron chi connectivity index (χ4n) is 1.73. The Hall–Kier alpha value is -2.35. The monoisotopic (exact) mass is 244 g/mol. The van der Waals surface area contributed by atoms with Crippen LogP contribution in [0.3, 0.4) is 0 Å². The second-order valence-corrected chi connectivity index (χ2v) is 3.83. The summed E-state index contributed by atoms with van der Waals surface area (Å²) in [5, 5.41) is 12.0. The number of hydrogen-bond acceptors (Lipinski definition) is 3. The van der Waals surface area contributed by atoms with Crippen LogP contribution in [0.2, 0.25) is 0 Å². The summed E-state index contributed by atoms with van der Waals surface area (Å²) in [6.07, 6.45) is 3.53. The van der Waals surface area contributed by atoms with E-state index in [1.165, 1.54) is 12.1 Å². The summed E-state index contributed by atoms with van der Waals surface area (Å²) in [6.45, 7) is 3.42. The second kappa shape index (κ2) is 5.32. The molecule has 18 heavy (non-hydrogen) atoms. The quantitative estimate of drug-likeness (QED) is 0.899. The van der Waals surface area contributed by atoms with Crippen LogP contribution in [-0.2, 0) is 13.1 Å². The van der Waals surface area contributed by atoms with Gasteiger partial charge in [0.15, 0.2) is 0 Å². The van der Waals surface area contributed by atoms with E-state index in [4.69, 9.17) is 5.26 Å². The van der Waals surface area contributed by atoms with Crippen LogP contribution in [0.15, 0.2) is 30.7 Å². The lowest BCUT2D eigenvalue weighted by atomic mass is 10.2. The molecular weight excluding hydrogens is 231 g/mol. The summed E-state index contributed by atoms with van der Waals surface area (Å²) in [5.74, 6) is -0.407. The Morgan fingerprint density at radius 2 is 2.33 bits per heavy atom. The van der Waals surface area contributed by atoms with Crippen molar-refractivity contribution in [3.63, 3.8) is 0 Å². The molecule has 0 radical (unpaired) electrons. The van der Waals surface area contributed by atoms with Gasteiger partial charge < -0.3 is 9.88 Å². The molecule has 0 atom stereocenters. The maximum atomic E-state index is 13.0. The molecule has 0 saturated heterocycles. The minimum absolute atomic E-state index is 0.303. The molecule has 0 aliphatic heterocycles.